The average molecular weight is 823 g/mol. The van der Waals surface area contributed by atoms with Gasteiger partial charge in [-0.2, -0.15) is 0 Å². The molecule has 10 rings (SSSR count). The topological polar surface area (TPSA) is 216 Å². The maximum absolute atomic E-state index is 13.7. The molecule has 0 bridgehead atoms. The lowest BCUT2D eigenvalue weighted by Crippen LogP contribution is -2.25. The number of hydrogen-bond donors (Lipinski definition) is 3. The van der Waals surface area contributed by atoms with Gasteiger partial charge in [-0.3, -0.25) is 18.7 Å². The third-order valence-electron chi connectivity index (χ3n) is 10.0. The first kappa shape index (κ1) is 37.8. The first-order valence-electron chi connectivity index (χ1n) is 18.6. The number of nitrogens with zero attached hydrogens (tertiary/aromatic N) is 10. The highest BCUT2D eigenvalue weighted by molar-refractivity contribution is 7.98. The predicted octanol–water partition coefficient (Wildman–Crippen LogP) is 6.66. The normalized spacial score (nSPS) is 12.7. The van der Waals surface area contributed by atoms with Crippen molar-refractivity contribution in [3.63, 3.8) is 0 Å². The Morgan fingerprint density at radius 1 is 0.712 bits per heavy atom. The first-order chi connectivity index (χ1) is 28.7. The van der Waals surface area contributed by atoms with Crippen LogP contribution in [-0.2, 0) is 11.5 Å². The minimum Gasteiger partial charge on any atom is -0.478 e. The van der Waals surface area contributed by atoms with Gasteiger partial charge in [-0.1, -0.05) is 47.8 Å². The number of aromatic amines is 2. The van der Waals surface area contributed by atoms with Gasteiger partial charge in [0.25, 0.3) is 11.1 Å². The lowest BCUT2D eigenvalue weighted by atomic mass is 10.1. The number of thioether (sulfide) groups is 2. The largest absolute Gasteiger partial charge is 0.478 e. The van der Waals surface area contributed by atoms with Crippen LogP contribution in [0.3, 0.4) is 0 Å². The zero-order valence-electron chi connectivity index (χ0n) is 31.9. The Morgan fingerprint density at radius 2 is 1.27 bits per heavy atom. The second-order valence-electron chi connectivity index (χ2n) is 14.0. The van der Waals surface area contributed by atoms with E-state index in [2.05, 4.69) is 39.9 Å². The molecule has 59 heavy (non-hydrogen) atoms. The van der Waals surface area contributed by atoms with Gasteiger partial charge in [0.05, 0.1) is 57.2 Å². The summed E-state index contributed by atoms with van der Waals surface area (Å²) >= 11 is 2.96. The number of hydrogen-bond acceptors (Lipinski definition) is 13. The van der Waals surface area contributed by atoms with Gasteiger partial charge in [-0.25, -0.2) is 44.7 Å². The Morgan fingerprint density at radius 3 is 1.83 bits per heavy atom. The van der Waals surface area contributed by atoms with Crippen molar-refractivity contribution in [1.82, 2.24) is 59.0 Å². The summed E-state index contributed by atoms with van der Waals surface area (Å²) in [5.74, 6) is 1.23. The number of aryl methyl sites for hydroxylation is 3. The van der Waals surface area contributed by atoms with E-state index >= 15 is 0 Å². The van der Waals surface area contributed by atoms with Gasteiger partial charge >= 0.3 is 5.97 Å². The van der Waals surface area contributed by atoms with Gasteiger partial charge in [-0.15, -0.1) is 0 Å². The molecule has 1 aliphatic carbocycles. The molecule has 3 aromatic carbocycles. The Labute approximate surface area is 342 Å². The van der Waals surface area contributed by atoms with E-state index in [0.717, 1.165) is 56.8 Å². The van der Waals surface area contributed by atoms with Crippen LogP contribution in [-0.4, -0.2) is 70.0 Å². The summed E-state index contributed by atoms with van der Waals surface area (Å²) in [5, 5.41) is 12.1. The van der Waals surface area contributed by atoms with Crippen molar-refractivity contribution in [2.75, 3.05) is 0 Å². The molecule has 0 atom stereocenters. The number of aromatic nitrogens is 12. The van der Waals surface area contributed by atoms with Crippen LogP contribution in [0.25, 0.3) is 49.8 Å². The zero-order valence-corrected chi connectivity index (χ0v) is 33.5. The van der Waals surface area contributed by atoms with Crippen LogP contribution in [0.2, 0.25) is 0 Å². The van der Waals surface area contributed by atoms with E-state index in [9.17, 15) is 19.5 Å². The lowest BCUT2D eigenvalue weighted by Gasteiger charge is -2.16. The number of rotatable bonds is 9. The maximum Gasteiger partial charge on any atom is 0.335 e. The van der Waals surface area contributed by atoms with E-state index in [-0.39, 0.29) is 22.7 Å². The highest BCUT2D eigenvalue weighted by Crippen LogP contribution is 2.36. The van der Waals surface area contributed by atoms with Crippen molar-refractivity contribution in [2.24, 2.45) is 0 Å². The van der Waals surface area contributed by atoms with Gasteiger partial charge in [0.1, 0.15) is 45.4 Å². The molecule has 3 N–H and O–H groups in total. The Kier molecular flexibility index (Phi) is 9.93. The van der Waals surface area contributed by atoms with Crippen LogP contribution >= 0.6 is 23.5 Å². The molecular formula is C41H34N12O4S2. The van der Waals surface area contributed by atoms with E-state index in [1.807, 2.05) is 54.8 Å². The molecule has 18 heteroatoms. The SMILES string of the molecule is Cc1cc(C(=O)O)ccc1-n1c(CSc2ncnc3nc[nH]c23)nc2cccc(C)c2c1=O.Cc1cccc2nc(CSc3ncnc4nc[nH]c34)n(C3CC3)c(=O)c12. The Balaban J connectivity index is 0.000000156. The zero-order chi connectivity index (χ0) is 40.8. The summed E-state index contributed by atoms with van der Waals surface area (Å²) in [6.45, 7) is 5.62. The molecule has 294 valence electrons. The van der Waals surface area contributed by atoms with Crippen LogP contribution in [0.15, 0.2) is 99.5 Å². The fourth-order valence-corrected chi connectivity index (χ4v) is 8.82. The fraction of sp³-hybridized carbons (Fsp3) is 0.195. The van der Waals surface area contributed by atoms with E-state index in [4.69, 9.17) is 9.97 Å². The van der Waals surface area contributed by atoms with E-state index in [0.29, 0.717) is 55.8 Å². The molecule has 0 unspecified atom stereocenters. The summed E-state index contributed by atoms with van der Waals surface area (Å²) in [5.41, 5.74) is 7.20. The van der Waals surface area contributed by atoms with Crippen LogP contribution in [0.4, 0.5) is 0 Å². The average Bonchev–Trinajstić information content (AvgIpc) is 3.71. The first-order valence-corrected chi connectivity index (χ1v) is 20.5. The number of carboxylic acid groups (broad SMARTS) is 1. The lowest BCUT2D eigenvalue weighted by molar-refractivity contribution is 0.0696. The number of fused-ring (bicyclic) bond motifs is 4. The predicted molar refractivity (Wildman–Crippen MR) is 225 cm³/mol. The van der Waals surface area contributed by atoms with Crippen molar-refractivity contribution in [3.05, 3.63) is 135 Å². The van der Waals surface area contributed by atoms with Crippen molar-refractivity contribution in [2.45, 2.75) is 61.2 Å². The third kappa shape index (κ3) is 7.20. The molecule has 0 radical (unpaired) electrons. The number of carbonyl (C=O) groups is 1. The van der Waals surface area contributed by atoms with Crippen molar-refractivity contribution < 1.29 is 9.90 Å². The summed E-state index contributed by atoms with van der Waals surface area (Å²) in [6, 6.07) is 16.4. The molecule has 0 amide bonds. The monoisotopic (exact) mass is 822 g/mol. The van der Waals surface area contributed by atoms with Gasteiger partial charge < -0.3 is 15.1 Å². The van der Waals surface area contributed by atoms with Crippen molar-refractivity contribution >= 4 is 73.6 Å². The summed E-state index contributed by atoms with van der Waals surface area (Å²) in [4.78, 5) is 79.2. The molecule has 0 saturated heterocycles. The number of aromatic carboxylic acids is 1. The number of imidazole rings is 2. The fourth-order valence-electron chi connectivity index (χ4n) is 7.06. The summed E-state index contributed by atoms with van der Waals surface area (Å²) < 4.78 is 3.45. The second-order valence-corrected chi connectivity index (χ2v) is 15.9. The highest BCUT2D eigenvalue weighted by Gasteiger charge is 2.29. The number of benzene rings is 3. The van der Waals surface area contributed by atoms with Gasteiger partial charge in [-0.05, 0) is 80.6 Å². The van der Waals surface area contributed by atoms with Crippen molar-refractivity contribution in [3.8, 4) is 5.69 Å². The van der Waals surface area contributed by atoms with E-state index in [1.165, 1.54) is 30.5 Å². The second kappa shape index (κ2) is 15.5. The Bertz CT molecular complexity index is 3230. The van der Waals surface area contributed by atoms with Crippen LogP contribution in [0.5, 0.6) is 0 Å². The number of H-pyrrole nitrogens is 2. The maximum atomic E-state index is 13.7. The van der Waals surface area contributed by atoms with Crippen molar-refractivity contribution in [1.29, 1.82) is 0 Å². The molecule has 1 saturated carbocycles. The standard InChI is InChI=1S/C23H18N6O3S.C18H16N6OS/c1-12-4-3-5-15-18(12)22(30)29(16-7-6-14(23(31)32)8-13(16)2)17(28-15)9-33-21-19-20(25-10-24-19)26-11-27-21;1-10-3-2-4-12-14(10)18(25)24(11-5-6-11)13(23-12)7-26-17-15-16(20-8-19-15)21-9-22-17/h3-8,10-11H,9H2,1-2H3,(H,31,32)(H,24,25,26,27);2-4,8-9,11H,5-7H2,1H3,(H,19,20,21,22). The molecule has 16 nitrogen and oxygen atoms in total. The van der Waals surface area contributed by atoms with Gasteiger partial charge in [0, 0.05) is 6.04 Å². The molecule has 0 aliphatic heterocycles. The smallest absolute Gasteiger partial charge is 0.335 e. The molecule has 9 aromatic rings. The summed E-state index contributed by atoms with van der Waals surface area (Å²) in [7, 11) is 0. The molecule has 1 fully saturated rings. The van der Waals surface area contributed by atoms with Crippen LogP contribution in [0.1, 0.15) is 57.6 Å². The highest BCUT2D eigenvalue weighted by atomic mass is 32.2. The Hall–Kier alpha value is -6.79. The minimum atomic E-state index is -1.02. The number of carboxylic acids is 1. The van der Waals surface area contributed by atoms with Gasteiger partial charge in [0.15, 0.2) is 11.3 Å². The van der Waals surface area contributed by atoms with Gasteiger partial charge in [0.2, 0.25) is 0 Å². The number of nitrogens with one attached hydrogen (secondary N) is 2. The molecular weight excluding hydrogens is 789 g/mol. The third-order valence-corrected chi connectivity index (χ3v) is 12.0. The quantitative estimate of drug-likeness (QED) is 0.103. The van der Waals surface area contributed by atoms with E-state index in [1.54, 1.807) is 48.0 Å². The molecule has 0 spiro atoms. The minimum absolute atomic E-state index is 0.0700. The molecule has 6 aromatic heterocycles. The van der Waals surface area contributed by atoms with Crippen LogP contribution in [0, 0.1) is 20.8 Å². The molecule has 6 heterocycles. The van der Waals surface area contributed by atoms with E-state index < -0.39 is 5.97 Å². The summed E-state index contributed by atoms with van der Waals surface area (Å²) in [6.07, 6.45) is 8.20. The van der Waals surface area contributed by atoms with Crippen LogP contribution < -0.4 is 11.1 Å². The molecule has 1 aliphatic rings.